The zero-order chi connectivity index (χ0) is 14.3. The third-order valence-electron chi connectivity index (χ3n) is 2.38. The third kappa shape index (κ3) is 6.79. The first-order valence-electron chi connectivity index (χ1n) is 5.82. The first-order valence-corrected chi connectivity index (χ1v) is 5.82. The molecule has 0 aromatic rings. The van der Waals surface area contributed by atoms with Crippen molar-refractivity contribution in [2.75, 3.05) is 20.1 Å². The molecule has 0 aromatic carbocycles. The fraction of sp³-hybridized carbons (Fsp3) is 0.692. The van der Waals surface area contributed by atoms with Gasteiger partial charge in [-0.25, -0.2) is 4.79 Å². The number of nitrogens with zero attached hydrogens (tertiary/aromatic N) is 1. The molecule has 5 nitrogen and oxygen atoms in total. The molecule has 0 radical (unpaired) electrons. The van der Waals surface area contributed by atoms with E-state index in [1.807, 2.05) is 20.8 Å². The molecular weight excluding hydrogens is 232 g/mol. The molecule has 0 bridgehead atoms. The number of urea groups is 1. The van der Waals surface area contributed by atoms with E-state index in [9.17, 15) is 9.59 Å². The largest absolute Gasteiger partial charge is 0.481 e. The summed E-state index contributed by atoms with van der Waals surface area (Å²) >= 11 is 0. The summed E-state index contributed by atoms with van der Waals surface area (Å²) in [6.45, 7) is 6.21. The van der Waals surface area contributed by atoms with Crippen LogP contribution in [0.25, 0.3) is 0 Å². The number of carboxylic acid groups (broad SMARTS) is 1. The molecule has 102 valence electrons. The van der Waals surface area contributed by atoms with Gasteiger partial charge in [0.1, 0.15) is 0 Å². The molecule has 2 amide bonds. The van der Waals surface area contributed by atoms with Crippen LogP contribution in [0.1, 0.15) is 27.2 Å². The zero-order valence-corrected chi connectivity index (χ0v) is 11.5. The second-order valence-corrected chi connectivity index (χ2v) is 5.55. The molecule has 0 aliphatic rings. The highest BCUT2D eigenvalue weighted by atomic mass is 16.4. The maximum Gasteiger partial charge on any atom is 0.317 e. The second kappa shape index (κ2) is 6.90. The van der Waals surface area contributed by atoms with E-state index in [-0.39, 0.29) is 24.5 Å². The Kier molecular flexibility index (Phi) is 6.24. The van der Waals surface area contributed by atoms with Gasteiger partial charge in [0, 0.05) is 13.6 Å². The number of carboxylic acids is 1. The quantitative estimate of drug-likeness (QED) is 0.729. The molecule has 0 rings (SSSR count). The molecular formula is C13H22N2O3. The summed E-state index contributed by atoms with van der Waals surface area (Å²) < 4.78 is 0. The van der Waals surface area contributed by atoms with Crippen molar-refractivity contribution in [3.05, 3.63) is 0 Å². The summed E-state index contributed by atoms with van der Waals surface area (Å²) in [5, 5.41) is 11.7. The molecule has 0 saturated heterocycles. The minimum absolute atomic E-state index is 0.0987. The number of carbonyl (C=O) groups excluding carboxylic acids is 1. The van der Waals surface area contributed by atoms with Gasteiger partial charge in [0.2, 0.25) is 0 Å². The lowest BCUT2D eigenvalue weighted by Gasteiger charge is -2.24. The number of hydrogen-bond donors (Lipinski definition) is 2. The van der Waals surface area contributed by atoms with Crippen molar-refractivity contribution in [1.29, 1.82) is 0 Å². The van der Waals surface area contributed by atoms with E-state index in [0.29, 0.717) is 6.42 Å². The number of hydrogen-bond acceptors (Lipinski definition) is 2. The Hall–Kier alpha value is -1.70. The van der Waals surface area contributed by atoms with Gasteiger partial charge in [0.05, 0.1) is 12.5 Å². The van der Waals surface area contributed by atoms with Gasteiger partial charge in [-0.05, 0) is 11.8 Å². The van der Waals surface area contributed by atoms with Crippen molar-refractivity contribution in [2.24, 2.45) is 11.3 Å². The molecule has 2 N–H and O–H groups in total. The molecule has 1 unspecified atom stereocenters. The first kappa shape index (κ1) is 16.3. The van der Waals surface area contributed by atoms with Gasteiger partial charge in [0.25, 0.3) is 0 Å². The molecule has 0 spiro atoms. The second-order valence-electron chi connectivity index (χ2n) is 5.55. The van der Waals surface area contributed by atoms with Crippen molar-refractivity contribution in [1.82, 2.24) is 10.2 Å². The van der Waals surface area contributed by atoms with Crippen LogP contribution in [0.15, 0.2) is 0 Å². The predicted molar refractivity (Wildman–Crippen MR) is 70.1 cm³/mol. The van der Waals surface area contributed by atoms with Crippen molar-refractivity contribution >= 4 is 12.0 Å². The summed E-state index contributed by atoms with van der Waals surface area (Å²) in [6.07, 6.45) is 5.59. The molecule has 0 aromatic heterocycles. The van der Waals surface area contributed by atoms with E-state index in [1.165, 1.54) is 4.90 Å². The average molecular weight is 254 g/mol. The van der Waals surface area contributed by atoms with Gasteiger partial charge < -0.3 is 15.3 Å². The van der Waals surface area contributed by atoms with Crippen LogP contribution < -0.4 is 5.32 Å². The van der Waals surface area contributed by atoms with Crippen LogP contribution in [0.2, 0.25) is 0 Å². The lowest BCUT2D eigenvalue weighted by molar-refractivity contribution is -0.142. The van der Waals surface area contributed by atoms with Crippen LogP contribution in [0.4, 0.5) is 4.79 Å². The van der Waals surface area contributed by atoms with Crippen molar-refractivity contribution in [3.8, 4) is 12.3 Å². The lowest BCUT2D eigenvalue weighted by atomic mass is 9.84. The smallest absolute Gasteiger partial charge is 0.317 e. The molecule has 1 atom stereocenters. The van der Waals surface area contributed by atoms with Gasteiger partial charge >= 0.3 is 12.0 Å². The fourth-order valence-corrected chi connectivity index (χ4v) is 1.54. The summed E-state index contributed by atoms with van der Waals surface area (Å²) in [4.78, 5) is 24.0. The van der Waals surface area contributed by atoms with E-state index < -0.39 is 11.9 Å². The van der Waals surface area contributed by atoms with E-state index in [1.54, 1.807) is 7.05 Å². The summed E-state index contributed by atoms with van der Waals surface area (Å²) in [7, 11) is 1.56. The number of aliphatic carboxylic acids is 1. The lowest BCUT2D eigenvalue weighted by Crippen LogP contribution is -2.41. The Morgan fingerprint density at radius 2 is 2.00 bits per heavy atom. The van der Waals surface area contributed by atoms with E-state index in [2.05, 4.69) is 11.2 Å². The van der Waals surface area contributed by atoms with Crippen molar-refractivity contribution in [3.63, 3.8) is 0 Å². The van der Waals surface area contributed by atoms with Gasteiger partial charge in [-0.15, -0.1) is 6.42 Å². The van der Waals surface area contributed by atoms with Gasteiger partial charge in [0.15, 0.2) is 0 Å². The highest BCUT2D eigenvalue weighted by Crippen LogP contribution is 2.24. The Balaban J connectivity index is 4.33. The van der Waals surface area contributed by atoms with Crippen molar-refractivity contribution in [2.45, 2.75) is 27.2 Å². The topological polar surface area (TPSA) is 69.6 Å². The number of rotatable bonds is 5. The number of nitrogens with one attached hydrogen (secondary N) is 1. The Morgan fingerprint density at radius 3 is 2.39 bits per heavy atom. The molecule has 0 saturated carbocycles. The fourth-order valence-electron chi connectivity index (χ4n) is 1.54. The molecule has 0 aliphatic heterocycles. The van der Waals surface area contributed by atoms with Crippen LogP contribution in [0.5, 0.6) is 0 Å². The number of terminal acetylenes is 1. The Labute approximate surface area is 109 Å². The van der Waals surface area contributed by atoms with Crippen LogP contribution >= 0.6 is 0 Å². The monoisotopic (exact) mass is 254 g/mol. The van der Waals surface area contributed by atoms with E-state index >= 15 is 0 Å². The maximum absolute atomic E-state index is 11.6. The van der Waals surface area contributed by atoms with E-state index in [0.717, 1.165) is 0 Å². The minimum Gasteiger partial charge on any atom is -0.481 e. The van der Waals surface area contributed by atoms with Crippen molar-refractivity contribution < 1.29 is 14.7 Å². The Bertz CT molecular complexity index is 339. The summed E-state index contributed by atoms with van der Waals surface area (Å²) in [6, 6.07) is -0.354. The third-order valence-corrected chi connectivity index (χ3v) is 2.38. The highest BCUT2D eigenvalue weighted by Gasteiger charge is 2.25. The van der Waals surface area contributed by atoms with Crippen LogP contribution in [-0.2, 0) is 4.79 Å². The standard InChI is InChI=1S/C13H22N2O3/c1-6-7-15(5)12(18)14-9-10(11(16)17)8-13(2,3)4/h1,10H,7-9H2,2-5H3,(H,14,18)(H,16,17). The summed E-state index contributed by atoms with van der Waals surface area (Å²) in [5.41, 5.74) is -0.0987. The average Bonchev–Trinajstić information content (AvgIpc) is 2.22. The summed E-state index contributed by atoms with van der Waals surface area (Å²) in [5.74, 6) is 0.858. The molecule has 0 aliphatic carbocycles. The van der Waals surface area contributed by atoms with Gasteiger partial charge in [-0.3, -0.25) is 4.79 Å². The SMILES string of the molecule is C#CCN(C)C(=O)NCC(CC(C)(C)C)C(=O)O. The molecule has 5 heteroatoms. The molecule has 0 fully saturated rings. The van der Waals surface area contributed by atoms with Crippen LogP contribution in [0.3, 0.4) is 0 Å². The predicted octanol–water partition coefficient (Wildman–Crippen LogP) is 1.40. The van der Waals surface area contributed by atoms with E-state index in [4.69, 9.17) is 11.5 Å². The minimum atomic E-state index is -0.898. The first-order chi connectivity index (χ1) is 8.17. The molecule has 18 heavy (non-hydrogen) atoms. The van der Waals surface area contributed by atoms with Crippen LogP contribution in [0, 0.1) is 23.7 Å². The maximum atomic E-state index is 11.6. The Morgan fingerprint density at radius 1 is 1.44 bits per heavy atom. The normalized spacial score (nSPS) is 12.4. The number of carbonyl (C=O) groups is 2. The van der Waals surface area contributed by atoms with Gasteiger partial charge in [-0.2, -0.15) is 0 Å². The zero-order valence-electron chi connectivity index (χ0n) is 11.5. The number of amides is 2. The highest BCUT2D eigenvalue weighted by molar-refractivity contribution is 5.76. The van der Waals surface area contributed by atoms with Crippen LogP contribution in [-0.4, -0.2) is 42.1 Å². The molecule has 0 heterocycles. The van der Waals surface area contributed by atoms with Gasteiger partial charge in [-0.1, -0.05) is 26.7 Å².